The summed E-state index contributed by atoms with van der Waals surface area (Å²) in [6.45, 7) is 12.3. The fourth-order valence-electron chi connectivity index (χ4n) is 2.64. The summed E-state index contributed by atoms with van der Waals surface area (Å²) in [4.78, 5) is 12.8. The number of ether oxygens (including phenoxy) is 2. The molecule has 5 heteroatoms. The lowest BCUT2D eigenvalue weighted by molar-refractivity contribution is -0.141. The molecule has 0 aliphatic carbocycles. The van der Waals surface area contributed by atoms with Gasteiger partial charge in [0.15, 0.2) is 0 Å². The van der Waals surface area contributed by atoms with Crippen molar-refractivity contribution in [3.63, 3.8) is 0 Å². The maximum absolute atomic E-state index is 12.8. The number of hydrogen-bond donors (Lipinski definition) is 1. The first-order valence-corrected chi connectivity index (χ1v) is 8.88. The summed E-state index contributed by atoms with van der Waals surface area (Å²) >= 11 is 0. The Labute approximate surface area is 151 Å². The van der Waals surface area contributed by atoms with Crippen molar-refractivity contribution in [1.82, 2.24) is 0 Å². The molecule has 138 valence electrons. The van der Waals surface area contributed by atoms with Gasteiger partial charge in [0.1, 0.15) is 17.4 Å². The third kappa shape index (κ3) is 6.39. The fourth-order valence-corrected chi connectivity index (χ4v) is 2.64. The van der Waals surface area contributed by atoms with Gasteiger partial charge in [-0.15, -0.1) is 0 Å². The van der Waals surface area contributed by atoms with Crippen LogP contribution in [0, 0.1) is 17.2 Å². The second-order valence-corrected chi connectivity index (χ2v) is 7.12. The fraction of sp³-hybridized carbons (Fsp3) is 0.600. The van der Waals surface area contributed by atoms with Gasteiger partial charge >= 0.3 is 0 Å². The number of rotatable bonds is 9. The number of carbonyl (C=O) groups is 1. The van der Waals surface area contributed by atoms with E-state index in [1.807, 2.05) is 27.7 Å². The van der Waals surface area contributed by atoms with Crippen LogP contribution in [0.3, 0.4) is 0 Å². The third-order valence-electron chi connectivity index (χ3n) is 3.62. The average Bonchev–Trinajstić information content (AvgIpc) is 2.53. The topological polar surface area (TPSA) is 71.3 Å². The molecule has 0 aromatic heterocycles. The minimum absolute atomic E-state index is 0.0238. The van der Waals surface area contributed by atoms with Gasteiger partial charge in [-0.2, -0.15) is 5.26 Å². The van der Waals surface area contributed by atoms with E-state index in [0.717, 1.165) is 6.42 Å². The molecule has 1 atom stereocenters. The lowest BCUT2D eigenvalue weighted by atomic mass is 9.93. The highest BCUT2D eigenvalue weighted by molar-refractivity contribution is 5.97. The molecule has 0 saturated carbocycles. The predicted octanol–water partition coefficient (Wildman–Crippen LogP) is 4.52. The summed E-state index contributed by atoms with van der Waals surface area (Å²) in [5.74, 6) is 0.642. The van der Waals surface area contributed by atoms with Crippen LogP contribution in [0.5, 0.6) is 5.75 Å². The number of amides is 1. The Hall–Kier alpha value is -2.06. The zero-order chi connectivity index (χ0) is 19.0. The molecule has 25 heavy (non-hydrogen) atoms. The Morgan fingerprint density at radius 1 is 1.32 bits per heavy atom. The summed E-state index contributed by atoms with van der Waals surface area (Å²) in [5.41, 5.74) is 0.0589. The SMILES string of the molecule is CCCO[C@](C)(CC(C)C)C(=O)Nc1ccc(OC(C)C)c(C#N)c1. The van der Waals surface area contributed by atoms with Crippen LogP contribution in [-0.2, 0) is 9.53 Å². The Morgan fingerprint density at radius 2 is 2.00 bits per heavy atom. The van der Waals surface area contributed by atoms with Crippen molar-refractivity contribution in [3.05, 3.63) is 23.8 Å². The second-order valence-electron chi connectivity index (χ2n) is 7.12. The van der Waals surface area contributed by atoms with Gasteiger partial charge < -0.3 is 14.8 Å². The lowest BCUT2D eigenvalue weighted by Gasteiger charge is -2.30. The molecular formula is C20H30N2O3. The summed E-state index contributed by atoms with van der Waals surface area (Å²) in [6.07, 6.45) is 1.45. The molecule has 1 aromatic rings. The van der Waals surface area contributed by atoms with Crippen LogP contribution in [0.15, 0.2) is 18.2 Å². The molecule has 0 aliphatic rings. The Balaban J connectivity index is 2.98. The molecule has 0 heterocycles. The van der Waals surface area contributed by atoms with E-state index in [1.54, 1.807) is 18.2 Å². The second kappa shape index (κ2) is 9.43. The third-order valence-corrected chi connectivity index (χ3v) is 3.62. The molecule has 1 N–H and O–H groups in total. The van der Waals surface area contributed by atoms with Gasteiger partial charge in [-0.3, -0.25) is 4.79 Å². The number of benzene rings is 1. The maximum atomic E-state index is 12.8. The van der Waals surface area contributed by atoms with Gasteiger partial charge in [0, 0.05) is 12.3 Å². The molecule has 1 aromatic carbocycles. The molecule has 0 radical (unpaired) electrons. The van der Waals surface area contributed by atoms with Gasteiger partial charge in [0.05, 0.1) is 11.7 Å². The van der Waals surface area contributed by atoms with Crippen LogP contribution in [0.25, 0.3) is 0 Å². The lowest BCUT2D eigenvalue weighted by Crippen LogP contribution is -2.44. The van der Waals surface area contributed by atoms with Crippen molar-refractivity contribution >= 4 is 11.6 Å². The highest BCUT2D eigenvalue weighted by Crippen LogP contribution is 2.26. The number of nitriles is 1. The van der Waals surface area contributed by atoms with Crippen molar-refractivity contribution in [2.45, 2.75) is 66.1 Å². The maximum Gasteiger partial charge on any atom is 0.256 e. The summed E-state index contributed by atoms with van der Waals surface area (Å²) in [6, 6.07) is 7.19. The highest BCUT2D eigenvalue weighted by Gasteiger charge is 2.35. The van der Waals surface area contributed by atoms with Crippen molar-refractivity contribution < 1.29 is 14.3 Å². The van der Waals surface area contributed by atoms with E-state index in [0.29, 0.717) is 35.9 Å². The van der Waals surface area contributed by atoms with Gasteiger partial charge in [-0.1, -0.05) is 20.8 Å². The van der Waals surface area contributed by atoms with Crippen LogP contribution in [0.4, 0.5) is 5.69 Å². The number of nitrogens with one attached hydrogen (secondary N) is 1. The van der Waals surface area contributed by atoms with E-state index in [1.165, 1.54) is 0 Å². The minimum atomic E-state index is -0.899. The number of hydrogen-bond acceptors (Lipinski definition) is 4. The zero-order valence-corrected chi connectivity index (χ0v) is 16.2. The van der Waals surface area contributed by atoms with E-state index in [-0.39, 0.29) is 12.0 Å². The molecule has 0 fully saturated rings. The van der Waals surface area contributed by atoms with Crippen LogP contribution in [0.1, 0.15) is 59.9 Å². The standard InChI is InChI=1S/C20H30N2O3/c1-7-10-24-20(6,12-14(2)3)19(23)22-17-8-9-18(25-15(4)5)16(11-17)13-21/h8-9,11,14-15H,7,10,12H2,1-6H3,(H,22,23)/t20-/m1/s1. The van der Waals surface area contributed by atoms with Gasteiger partial charge in [-0.05, 0) is 57.7 Å². The smallest absolute Gasteiger partial charge is 0.256 e. The Morgan fingerprint density at radius 3 is 2.52 bits per heavy atom. The quantitative estimate of drug-likeness (QED) is 0.714. The Bertz CT molecular complexity index is 620. The molecular weight excluding hydrogens is 316 g/mol. The number of nitrogens with zero attached hydrogens (tertiary/aromatic N) is 1. The molecule has 0 spiro atoms. The minimum Gasteiger partial charge on any atom is -0.490 e. The van der Waals surface area contributed by atoms with E-state index in [2.05, 4.69) is 25.2 Å². The van der Waals surface area contributed by atoms with E-state index >= 15 is 0 Å². The van der Waals surface area contributed by atoms with Crippen molar-refractivity contribution in [3.8, 4) is 11.8 Å². The molecule has 0 saturated heterocycles. The Kier molecular flexibility index (Phi) is 7.92. The number of carbonyl (C=O) groups excluding carboxylic acids is 1. The highest BCUT2D eigenvalue weighted by atomic mass is 16.5. The van der Waals surface area contributed by atoms with Crippen molar-refractivity contribution in [1.29, 1.82) is 5.26 Å². The molecule has 1 rings (SSSR count). The molecule has 1 amide bonds. The first-order chi connectivity index (χ1) is 11.7. The van der Waals surface area contributed by atoms with E-state index in [4.69, 9.17) is 9.47 Å². The summed E-state index contributed by atoms with van der Waals surface area (Å²) in [7, 11) is 0. The van der Waals surface area contributed by atoms with Crippen LogP contribution < -0.4 is 10.1 Å². The molecule has 0 aliphatic heterocycles. The monoisotopic (exact) mass is 346 g/mol. The molecule has 0 bridgehead atoms. The van der Waals surface area contributed by atoms with Crippen LogP contribution >= 0.6 is 0 Å². The molecule has 0 unspecified atom stereocenters. The largest absolute Gasteiger partial charge is 0.490 e. The first-order valence-electron chi connectivity index (χ1n) is 8.88. The predicted molar refractivity (Wildman–Crippen MR) is 99.7 cm³/mol. The number of anilines is 1. The summed E-state index contributed by atoms with van der Waals surface area (Å²) < 4.78 is 11.5. The average molecular weight is 346 g/mol. The summed E-state index contributed by atoms with van der Waals surface area (Å²) in [5, 5.41) is 12.2. The van der Waals surface area contributed by atoms with Gasteiger partial charge in [-0.25, -0.2) is 0 Å². The normalized spacial score (nSPS) is 13.4. The van der Waals surface area contributed by atoms with Gasteiger partial charge in [0.2, 0.25) is 0 Å². The van der Waals surface area contributed by atoms with Crippen LogP contribution in [-0.4, -0.2) is 24.2 Å². The first kappa shape index (κ1) is 21.0. The zero-order valence-electron chi connectivity index (χ0n) is 16.2. The van der Waals surface area contributed by atoms with Crippen molar-refractivity contribution in [2.24, 2.45) is 5.92 Å². The van der Waals surface area contributed by atoms with Crippen LogP contribution in [0.2, 0.25) is 0 Å². The van der Waals surface area contributed by atoms with Gasteiger partial charge in [0.25, 0.3) is 5.91 Å². The van der Waals surface area contributed by atoms with Crippen molar-refractivity contribution in [2.75, 3.05) is 11.9 Å². The molecule has 5 nitrogen and oxygen atoms in total. The van der Waals surface area contributed by atoms with E-state index in [9.17, 15) is 10.1 Å². The van der Waals surface area contributed by atoms with E-state index < -0.39 is 5.60 Å².